The Labute approximate surface area is 102 Å². The van der Waals surface area contributed by atoms with E-state index in [1.807, 2.05) is 6.92 Å². The van der Waals surface area contributed by atoms with Crippen molar-refractivity contribution in [1.82, 2.24) is 4.72 Å². The first kappa shape index (κ1) is 13.5. The molecule has 0 radical (unpaired) electrons. The van der Waals surface area contributed by atoms with E-state index in [-0.39, 0.29) is 6.04 Å². The van der Waals surface area contributed by atoms with Gasteiger partial charge >= 0.3 is 0 Å². The Morgan fingerprint density at radius 2 is 1.88 bits per heavy atom. The van der Waals surface area contributed by atoms with Crippen LogP contribution in [-0.2, 0) is 10.0 Å². The normalized spacial score (nSPS) is 13.7. The predicted octanol–water partition coefficient (Wildman–Crippen LogP) is 2.29. The Morgan fingerprint density at radius 3 is 2.38 bits per heavy atom. The lowest BCUT2D eigenvalue weighted by atomic mass is 10.2. The third-order valence-corrected chi connectivity index (χ3v) is 4.05. The van der Waals surface area contributed by atoms with E-state index in [4.69, 9.17) is 11.6 Å². The lowest BCUT2D eigenvalue weighted by molar-refractivity contribution is 0.556. The van der Waals surface area contributed by atoms with Crippen molar-refractivity contribution in [3.8, 4) is 0 Å². The lowest BCUT2D eigenvalue weighted by Crippen LogP contribution is -2.32. The minimum atomic E-state index is -3.41. The van der Waals surface area contributed by atoms with Crippen molar-refractivity contribution in [3.05, 3.63) is 29.8 Å². The zero-order valence-electron chi connectivity index (χ0n) is 9.40. The second kappa shape index (κ2) is 5.66. The molecule has 0 aliphatic carbocycles. The number of nitrogens with one attached hydrogen (secondary N) is 1. The maximum absolute atomic E-state index is 11.9. The molecule has 0 amide bonds. The molecular formula is C11H16ClNO2S. The van der Waals surface area contributed by atoms with Gasteiger partial charge in [0, 0.05) is 11.9 Å². The van der Waals surface area contributed by atoms with Crippen molar-refractivity contribution in [1.29, 1.82) is 0 Å². The van der Waals surface area contributed by atoms with Crippen molar-refractivity contribution in [2.45, 2.75) is 31.2 Å². The van der Waals surface area contributed by atoms with E-state index in [1.54, 1.807) is 31.2 Å². The second-order valence-corrected chi connectivity index (χ2v) is 5.90. The first-order chi connectivity index (χ1) is 7.45. The minimum Gasteiger partial charge on any atom is -0.208 e. The molecule has 3 nitrogen and oxygen atoms in total. The number of hydrogen-bond donors (Lipinski definition) is 1. The van der Waals surface area contributed by atoms with E-state index in [0.717, 1.165) is 5.56 Å². The highest BCUT2D eigenvalue weighted by atomic mass is 35.5. The molecule has 1 N–H and O–H groups in total. The fraction of sp³-hybridized carbons (Fsp3) is 0.455. The lowest BCUT2D eigenvalue weighted by Gasteiger charge is -2.12. The molecule has 0 saturated carbocycles. The van der Waals surface area contributed by atoms with E-state index in [2.05, 4.69) is 4.72 Å². The fourth-order valence-electron chi connectivity index (χ4n) is 1.27. The van der Waals surface area contributed by atoms with Crippen LogP contribution >= 0.6 is 11.6 Å². The largest absolute Gasteiger partial charge is 0.240 e. The van der Waals surface area contributed by atoms with Gasteiger partial charge in [-0.2, -0.15) is 0 Å². The molecule has 0 aliphatic rings. The van der Waals surface area contributed by atoms with Gasteiger partial charge in [0.2, 0.25) is 10.0 Å². The highest BCUT2D eigenvalue weighted by Crippen LogP contribution is 2.11. The first-order valence-corrected chi connectivity index (χ1v) is 7.12. The molecule has 90 valence electrons. The molecule has 1 unspecified atom stereocenters. The van der Waals surface area contributed by atoms with Gasteiger partial charge < -0.3 is 0 Å². The average Bonchev–Trinajstić information content (AvgIpc) is 2.17. The maximum atomic E-state index is 11.9. The molecule has 1 aromatic rings. The van der Waals surface area contributed by atoms with Crippen LogP contribution in [0.5, 0.6) is 0 Å². The summed E-state index contributed by atoms with van der Waals surface area (Å²) in [6.07, 6.45) is 0.618. The predicted molar refractivity (Wildman–Crippen MR) is 66.3 cm³/mol. The van der Waals surface area contributed by atoms with Gasteiger partial charge in [-0.3, -0.25) is 0 Å². The first-order valence-electron chi connectivity index (χ1n) is 5.10. The topological polar surface area (TPSA) is 46.2 Å². The molecule has 1 atom stereocenters. The van der Waals surface area contributed by atoms with Crippen molar-refractivity contribution < 1.29 is 8.42 Å². The van der Waals surface area contributed by atoms with Crippen molar-refractivity contribution >= 4 is 21.6 Å². The Kier molecular flexibility index (Phi) is 4.77. The van der Waals surface area contributed by atoms with Crippen LogP contribution in [0.4, 0.5) is 0 Å². The molecule has 0 fully saturated rings. The Balaban J connectivity index is 2.82. The average molecular weight is 262 g/mol. The highest BCUT2D eigenvalue weighted by molar-refractivity contribution is 7.89. The second-order valence-electron chi connectivity index (χ2n) is 3.81. The zero-order valence-corrected chi connectivity index (χ0v) is 11.0. The summed E-state index contributed by atoms with van der Waals surface area (Å²) in [5, 5.41) is 0. The van der Waals surface area contributed by atoms with Crippen molar-refractivity contribution in [2.75, 3.05) is 5.88 Å². The molecule has 0 spiro atoms. The number of hydrogen-bond acceptors (Lipinski definition) is 2. The third kappa shape index (κ3) is 3.77. The Hall–Kier alpha value is -0.580. The molecule has 16 heavy (non-hydrogen) atoms. The summed E-state index contributed by atoms with van der Waals surface area (Å²) in [7, 11) is -3.41. The van der Waals surface area contributed by atoms with E-state index < -0.39 is 10.0 Å². The summed E-state index contributed by atoms with van der Waals surface area (Å²) < 4.78 is 26.3. The highest BCUT2D eigenvalue weighted by Gasteiger charge is 2.16. The third-order valence-electron chi connectivity index (χ3n) is 2.23. The van der Waals surface area contributed by atoms with Gasteiger partial charge in [0.05, 0.1) is 4.90 Å². The zero-order chi connectivity index (χ0) is 12.2. The van der Waals surface area contributed by atoms with Gasteiger partial charge in [-0.05, 0) is 32.4 Å². The van der Waals surface area contributed by atoms with Crippen LogP contribution in [0.3, 0.4) is 0 Å². The summed E-state index contributed by atoms with van der Waals surface area (Å²) in [6, 6.07) is 6.61. The monoisotopic (exact) mass is 261 g/mol. The smallest absolute Gasteiger partial charge is 0.208 e. The van der Waals surface area contributed by atoms with E-state index in [0.29, 0.717) is 17.2 Å². The minimum absolute atomic E-state index is 0.149. The summed E-state index contributed by atoms with van der Waals surface area (Å²) in [5.74, 6) is 0.442. The number of aryl methyl sites for hydroxylation is 1. The quantitative estimate of drug-likeness (QED) is 0.827. The summed E-state index contributed by atoms with van der Waals surface area (Å²) in [4.78, 5) is 0.291. The Bertz CT molecular complexity index is 428. The summed E-state index contributed by atoms with van der Waals surface area (Å²) in [6.45, 7) is 3.72. The molecule has 5 heteroatoms. The summed E-state index contributed by atoms with van der Waals surface area (Å²) in [5.41, 5.74) is 1.03. The molecule has 0 aliphatic heterocycles. The van der Waals surface area contributed by atoms with E-state index in [9.17, 15) is 8.42 Å². The van der Waals surface area contributed by atoms with Crippen LogP contribution in [0.25, 0.3) is 0 Å². The molecule has 1 aromatic carbocycles. The standard InChI is InChI=1S/C11H16ClNO2S/c1-9-3-5-11(6-4-9)16(14,15)13-10(2)7-8-12/h3-6,10,13H,7-8H2,1-2H3. The van der Waals surface area contributed by atoms with Crippen molar-refractivity contribution in [3.63, 3.8) is 0 Å². The van der Waals surface area contributed by atoms with Crippen LogP contribution in [0.15, 0.2) is 29.2 Å². The molecule has 0 saturated heterocycles. The van der Waals surface area contributed by atoms with Gasteiger partial charge in [-0.25, -0.2) is 13.1 Å². The van der Waals surface area contributed by atoms with Gasteiger partial charge in [-0.15, -0.1) is 11.6 Å². The van der Waals surface area contributed by atoms with Gasteiger partial charge in [0.15, 0.2) is 0 Å². The SMILES string of the molecule is Cc1ccc(S(=O)(=O)NC(C)CCCl)cc1. The number of benzene rings is 1. The molecule has 0 aromatic heterocycles. The van der Waals surface area contributed by atoms with Crippen LogP contribution < -0.4 is 4.72 Å². The van der Waals surface area contributed by atoms with E-state index >= 15 is 0 Å². The fourth-order valence-corrected chi connectivity index (χ4v) is 2.88. The van der Waals surface area contributed by atoms with Gasteiger partial charge in [0.25, 0.3) is 0 Å². The van der Waals surface area contributed by atoms with Crippen LogP contribution in [0.2, 0.25) is 0 Å². The number of halogens is 1. The molecular weight excluding hydrogens is 246 g/mol. The molecule has 0 bridgehead atoms. The number of sulfonamides is 1. The maximum Gasteiger partial charge on any atom is 0.240 e. The van der Waals surface area contributed by atoms with Crippen LogP contribution in [-0.4, -0.2) is 20.3 Å². The van der Waals surface area contributed by atoms with Crippen molar-refractivity contribution in [2.24, 2.45) is 0 Å². The Morgan fingerprint density at radius 1 is 1.31 bits per heavy atom. The van der Waals surface area contributed by atoms with Gasteiger partial charge in [0.1, 0.15) is 0 Å². The summed E-state index contributed by atoms with van der Waals surface area (Å²) >= 11 is 5.56. The number of rotatable bonds is 5. The van der Waals surface area contributed by atoms with E-state index in [1.165, 1.54) is 0 Å². The van der Waals surface area contributed by atoms with Crippen LogP contribution in [0, 0.1) is 6.92 Å². The van der Waals surface area contributed by atoms with Gasteiger partial charge in [-0.1, -0.05) is 17.7 Å². The number of alkyl halides is 1. The molecule has 0 heterocycles. The molecule has 1 rings (SSSR count). The van der Waals surface area contributed by atoms with Crippen LogP contribution in [0.1, 0.15) is 18.9 Å².